The maximum Gasteiger partial charge on any atom is 0.190 e. The van der Waals surface area contributed by atoms with Crippen molar-refractivity contribution in [3.8, 4) is 0 Å². The molecule has 0 N–H and O–H groups in total. The van der Waals surface area contributed by atoms with Crippen molar-refractivity contribution in [2.75, 3.05) is 0 Å². The van der Waals surface area contributed by atoms with Gasteiger partial charge in [0.2, 0.25) is 0 Å². The summed E-state index contributed by atoms with van der Waals surface area (Å²) in [5.74, 6) is 0. The van der Waals surface area contributed by atoms with Crippen molar-refractivity contribution >= 4 is 34.8 Å². The molecule has 0 amide bonds. The topological polar surface area (TPSA) is 0 Å². The fourth-order valence-electron chi connectivity index (χ4n) is 0.502. The molecule has 0 aliphatic carbocycles. The van der Waals surface area contributed by atoms with Crippen LogP contribution in [-0.2, 0) is 0 Å². The predicted octanol–water partition coefficient (Wildman–Crippen LogP) is 3.75. The largest absolute Gasteiger partial charge is 0.190 e. The SMILES string of the molecule is [CH2]CCCCC(Cl)(Cl)Cl. The van der Waals surface area contributed by atoms with Gasteiger partial charge >= 0.3 is 0 Å². The summed E-state index contributed by atoms with van der Waals surface area (Å²) in [4.78, 5) is 0. The van der Waals surface area contributed by atoms with Crippen molar-refractivity contribution in [3.05, 3.63) is 6.92 Å². The highest BCUT2D eigenvalue weighted by Crippen LogP contribution is 2.31. The van der Waals surface area contributed by atoms with Crippen LogP contribution in [0.1, 0.15) is 25.7 Å². The lowest BCUT2D eigenvalue weighted by Crippen LogP contribution is -2.00. The molecule has 0 heterocycles. The molecule has 0 saturated carbocycles. The molecular formula is C6H10Cl3. The Hall–Kier alpha value is 0.870. The van der Waals surface area contributed by atoms with E-state index in [-0.39, 0.29) is 0 Å². The van der Waals surface area contributed by atoms with Crippen LogP contribution in [0.5, 0.6) is 0 Å². The van der Waals surface area contributed by atoms with Crippen LogP contribution in [-0.4, -0.2) is 3.79 Å². The van der Waals surface area contributed by atoms with Crippen LogP contribution >= 0.6 is 34.8 Å². The third-order valence-corrected chi connectivity index (χ3v) is 1.53. The smallest absolute Gasteiger partial charge is 0.0837 e. The third kappa shape index (κ3) is 8.87. The van der Waals surface area contributed by atoms with Crippen LogP contribution < -0.4 is 0 Å². The molecule has 0 fully saturated rings. The molecule has 3 heteroatoms. The Kier molecular flexibility index (Phi) is 5.10. The van der Waals surface area contributed by atoms with Gasteiger partial charge in [0.25, 0.3) is 0 Å². The van der Waals surface area contributed by atoms with Gasteiger partial charge in [-0.25, -0.2) is 0 Å². The molecule has 0 nitrogen and oxygen atoms in total. The summed E-state index contributed by atoms with van der Waals surface area (Å²) in [6, 6.07) is 0. The van der Waals surface area contributed by atoms with Crippen LogP contribution in [0.2, 0.25) is 0 Å². The van der Waals surface area contributed by atoms with Crippen LogP contribution in [0.15, 0.2) is 0 Å². The second-order valence-electron chi connectivity index (χ2n) is 1.93. The fraction of sp³-hybridized carbons (Fsp3) is 0.833. The Bertz CT molecular complexity index is 65.2. The van der Waals surface area contributed by atoms with Crippen LogP contribution in [0.25, 0.3) is 0 Å². The molecule has 9 heavy (non-hydrogen) atoms. The van der Waals surface area contributed by atoms with Gasteiger partial charge < -0.3 is 0 Å². The minimum absolute atomic E-state index is 0.632. The number of unbranched alkanes of at least 4 members (excludes halogenated alkanes) is 2. The average molecular weight is 189 g/mol. The molecule has 0 atom stereocenters. The highest BCUT2D eigenvalue weighted by Gasteiger charge is 2.17. The number of halogens is 3. The summed E-state index contributed by atoms with van der Waals surface area (Å²) in [5.41, 5.74) is 0. The van der Waals surface area contributed by atoms with Gasteiger partial charge in [0.15, 0.2) is 3.79 Å². The van der Waals surface area contributed by atoms with Crippen molar-refractivity contribution in [2.45, 2.75) is 29.5 Å². The Balaban J connectivity index is 3.07. The van der Waals surface area contributed by atoms with Gasteiger partial charge in [0.1, 0.15) is 0 Å². The van der Waals surface area contributed by atoms with Crippen molar-refractivity contribution in [2.24, 2.45) is 0 Å². The van der Waals surface area contributed by atoms with Crippen molar-refractivity contribution in [3.63, 3.8) is 0 Å². The lowest BCUT2D eigenvalue weighted by Gasteiger charge is -2.08. The molecular weight excluding hydrogens is 178 g/mol. The summed E-state index contributed by atoms with van der Waals surface area (Å²) in [6.45, 7) is 3.68. The zero-order chi connectivity index (χ0) is 7.33. The van der Waals surface area contributed by atoms with E-state index >= 15 is 0 Å². The van der Waals surface area contributed by atoms with Gasteiger partial charge in [0, 0.05) is 0 Å². The Morgan fingerprint density at radius 3 is 2.00 bits per heavy atom. The first-order valence-corrected chi connectivity index (χ1v) is 4.05. The Labute approximate surface area is 71.5 Å². The number of hydrogen-bond donors (Lipinski definition) is 0. The molecule has 55 valence electrons. The summed E-state index contributed by atoms with van der Waals surface area (Å²) < 4.78 is -1.06. The van der Waals surface area contributed by atoms with E-state index in [1.54, 1.807) is 0 Å². The van der Waals surface area contributed by atoms with Crippen molar-refractivity contribution in [1.82, 2.24) is 0 Å². The zero-order valence-electron chi connectivity index (χ0n) is 5.17. The molecule has 1 radical (unpaired) electrons. The second-order valence-corrected chi connectivity index (χ2v) is 4.44. The minimum Gasteiger partial charge on any atom is -0.0837 e. The summed E-state index contributed by atoms with van der Waals surface area (Å²) in [7, 11) is 0. The molecule has 0 aromatic carbocycles. The average Bonchev–Trinajstić information content (AvgIpc) is 1.63. The zero-order valence-corrected chi connectivity index (χ0v) is 7.44. The monoisotopic (exact) mass is 187 g/mol. The van der Waals surface area contributed by atoms with Gasteiger partial charge in [0.05, 0.1) is 0 Å². The van der Waals surface area contributed by atoms with E-state index in [0.717, 1.165) is 19.3 Å². The van der Waals surface area contributed by atoms with Gasteiger partial charge in [-0.3, -0.25) is 0 Å². The minimum atomic E-state index is -1.06. The Morgan fingerprint density at radius 2 is 1.67 bits per heavy atom. The highest BCUT2D eigenvalue weighted by molar-refractivity contribution is 6.67. The fourth-order valence-corrected chi connectivity index (χ4v) is 0.903. The maximum absolute atomic E-state index is 5.48. The number of alkyl halides is 3. The molecule has 0 saturated heterocycles. The molecule has 0 aliphatic heterocycles. The molecule has 0 rings (SSSR count). The van der Waals surface area contributed by atoms with Gasteiger partial charge in [-0.15, -0.1) is 0 Å². The van der Waals surface area contributed by atoms with Gasteiger partial charge in [-0.2, -0.15) is 0 Å². The summed E-state index contributed by atoms with van der Waals surface area (Å²) >= 11 is 16.4. The lowest BCUT2D eigenvalue weighted by molar-refractivity contribution is 0.698. The molecule has 0 bridgehead atoms. The summed E-state index contributed by atoms with van der Waals surface area (Å²) in [6.07, 6.45) is 3.53. The van der Waals surface area contributed by atoms with Crippen LogP contribution in [0.4, 0.5) is 0 Å². The van der Waals surface area contributed by atoms with Gasteiger partial charge in [-0.05, 0) is 12.8 Å². The van der Waals surface area contributed by atoms with Crippen molar-refractivity contribution in [1.29, 1.82) is 0 Å². The number of rotatable bonds is 3. The second kappa shape index (κ2) is 4.65. The first-order chi connectivity index (χ1) is 4.06. The normalized spacial score (nSPS) is 12.0. The van der Waals surface area contributed by atoms with Crippen molar-refractivity contribution < 1.29 is 0 Å². The van der Waals surface area contributed by atoms with Crippen LogP contribution in [0.3, 0.4) is 0 Å². The van der Waals surface area contributed by atoms with Crippen LogP contribution in [0, 0.1) is 6.92 Å². The van der Waals surface area contributed by atoms with E-state index in [9.17, 15) is 0 Å². The highest BCUT2D eigenvalue weighted by atomic mass is 35.6. The van der Waals surface area contributed by atoms with Gasteiger partial charge in [-0.1, -0.05) is 54.6 Å². The van der Waals surface area contributed by atoms with E-state index < -0.39 is 3.79 Å². The first kappa shape index (κ1) is 9.87. The number of hydrogen-bond acceptors (Lipinski definition) is 0. The maximum atomic E-state index is 5.48. The lowest BCUT2D eigenvalue weighted by atomic mass is 10.2. The molecule has 0 aromatic rings. The van der Waals surface area contributed by atoms with E-state index in [4.69, 9.17) is 34.8 Å². The Morgan fingerprint density at radius 1 is 1.11 bits per heavy atom. The molecule has 0 spiro atoms. The molecule has 0 aromatic heterocycles. The van der Waals surface area contributed by atoms with E-state index in [1.165, 1.54) is 0 Å². The quantitative estimate of drug-likeness (QED) is 0.467. The first-order valence-electron chi connectivity index (χ1n) is 2.92. The molecule has 0 unspecified atom stereocenters. The standard InChI is InChI=1S/C6H10Cl3/c1-2-3-4-5-6(7,8)9/h1-5H2. The summed E-state index contributed by atoms with van der Waals surface area (Å²) in [5, 5.41) is 0. The molecule has 0 aliphatic rings. The third-order valence-electron chi connectivity index (χ3n) is 0.960. The predicted molar refractivity (Wildman–Crippen MR) is 44.1 cm³/mol. The van der Waals surface area contributed by atoms with E-state index in [1.807, 2.05) is 0 Å². The van der Waals surface area contributed by atoms with E-state index in [2.05, 4.69) is 6.92 Å². The van der Waals surface area contributed by atoms with E-state index in [0.29, 0.717) is 6.42 Å².